The third-order valence-electron chi connectivity index (χ3n) is 3.35. The lowest BCUT2D eigenvalue weighted by atomic mass is 9.94. The zero-order valence-corrected chi connectivity index (χ0v) is 15.2. The second kappa shape index (κ2) is 7.36. The summed E-state index contributed by atoms with van der Waals surface area (Å²) < 4.78 is 10.9. The average molecular weight is 328 g/mol. The number of nitriles is 1. The highest BCUT2D eigenvalue weighted by Gasteiger charge is 2.27. The molecule has 2 aliphatic rings. The largest absolute Gasteiger partial charge is 0.492 e. The summed E-state index contributed by atoms with van der Waals surface area (Å²) >= 11 is 0. The number of carbonyl (C=O) groups is 1. The molecule has 5 heteroatoms. The number of ketones is 1. The van der Waals surface area contributed by atoms with E-state index < -0.39 is 0 Å². The summed E-state index contributed by atoms with van der Waals surface area (Å²) in [6, 6.07) is 1.91. The Morgan fingerprint density at radius 3 is 2.00 bits per heavy atom. The van der Waals surface area contributed by atoms with Gasteiger partial charge in [0.05, 0.1) is 24.2 Å². The quantitative estimate of drug-likeness (QED) is 0.487. The van der Waals surface area contributed by atoms with Gasteiger partial charge in [-0.25, -0.2) is 10.1 Å². The molecular weight excluding hydrogens is 304 g/mol. The number of carbonyl (C=O) groups excluding carboxylic acids is 1. The first-order valence-corrected chi connectivity index (χ1v) is 7.76. The fraction of sp³-hybridized carbons (Fsp3) is 0.526. The van der Waals surface area contributed by atoms with Crippen molar-refractivity contribution in [2.75, 3.05) is 0 Å². The zero-order valence-electron chi connectivity index (χ0n) is 15.2. The molecule has 0 unspecified atom stereocenters. The maximum atomic E-state index is 10.9. The first-order chi connectivity index (χ1) is 11.0. The molecule has 0 saturated heterocycles. The molecule has 0 atom stereocenters. The van der Waals surface area contributed by atoms with Crippen LogP contribution in [0.3, 0.4) is 0 Å². The molecule has 0 aliphatic carbocycles. The molecule has 2 aliphatic heterocycles. The van der Waals surface area contributed by atoms with Crippen molar-refractivity contribution in [1.82, 2.24) is 0 Å². The molecule has 0 radical (unpaired) electrons. The van der Waals surface area contributed by atoms with Crippen molar-refractivity contribution < 1.29 is 14.3 Å². The summed E-state index contributed by atoms with van der Waals surface area (Å²) in [6.45, 7) is 18.2. The van der Waals surface area contributed by atoms with Crippen LogP contribution in [0.1, 0.15) is 54.4 Å². The number of hydrogen-bond acceptors (Lipinski definition) is 4. The highest BCUT2D eigenvalue weighted by Crippen LogP contribution is 2.31. The summed E-state index contributed by atoms with van der Waals surface area (Å²) in [5.74, 6) is 1.64. The van der Waals surface area contributed by atoms with Gasteiger partial charge >= 0.3 is 0 Å². The monoisotopic (exact) mass is 328 g/mol. The Kier molecular flexibility index (Phi) is 5.99. The van der Waals surface area contributed by atoms with E-state index in [1.165, 1.54) is 0 Å². The van der Waals surface area contributed by atoms with Crippen molar-refractivity contribution in [2.45, 2.75) is 65.6 Å². The number of allylic oxidation sites excluding steroid dienone is 5. The van der Waals surface area contributed by atoms with E-state index in [1.807, 2.05) is 40.7 Å². The SMILES string of the molecule is CC1=CC(=O)CC(C)(C)O1.[C-]#[N+]/C(C#N)=C1/C=C(C)OC(C)(C)C1. The number of nitrogens with zero attached hydrogens (tertiary/aromatic N) is 2. The molecule has 0 aromatic heterocycles. The maximum Gasteiger partial charge on any atom is 0.265 e. The minimum Gasteiger partial charge on any atom is -0.492 e. The molecule has 0 aromatic rings. The van der Waals surface area contributed by atoms with Crippen LogP contribution in [-0.4, -0.2) is 17.0 Å². The molecule has 0 saturated carbocycles. The highest BCUT2D eigenvalue weighted by atomic mass is 16.5. The highest BCUT2D eigenvalue weighted by molar-refractivity contribution is 5.91. The molecule has 0 fully saturated rings. The fourth-order valence-corrected chi connectivity index (χ4v) is 2.78. The topological polar surface area (TPSA) is 63.7 Å². The Bertz CT molecular complexity index is 679. The number of hydrogen-bond donors (Lipinski definition) is 0. The van der Waals surface area contributed by atoms with Crippen LogP contribution < -0.4 is 0 Å². The van der Waals surface area contributed by atoms with Crippen molar-refractivity contribution in [3.05, 3.63) is 46.4 Å². The van der Waals surface area contributed by atoms with Gasteiger partial charge < -0.3 is 9.47 Å². The molecule has 24 heavy (non-hydrogen) atoms. The van der Waals surface area contributed by atoms with Gasteiger partial charge in [-0.2, -0.15) is 0 Å². The van der Waals surface area contributed by atoms with E-state index in [2.05, 4.69) is 4.85 Å². The normalized spacial score (nSPS) is 22.9. The predicted octanol–water partition coefficient (Wildman–Crippen LogP) is 4.44. The van der Waals surface area contributed by atoms with Gasteiger partial charge in [-0.05, 0) is 53.2 Å². The van der Waals surface area contributed by atoms with E-state index in [0.717, 1.165) is 17.1 Å². The van der Waals surface area contributed by atoms with Crippen LogP contribution in [0.25, 0.3) is 4.85 Å². The van der Waals surface area contributed by atoms with Gasteiger partial charge in [0.25, 0.3) is 5.70 Å². The number of ether oxygens (including phenoxy) is 2. The van der Waals surface area contributed by atoms with Crippen molar-refractivity contribution in [3.8, 4) is 6.07 Å². The Labute approximate surface area is 144 Å². The van der Waals surface area contributed by atoms with Crippen molar-refractivity contribution in [3.63, 3.8) is 0 Å². The van der Waals surface area contributed by atoms with E-state index in [0.29, 0.717) is 12.8 Å². The lowest BCUT2D eigenvalue weighted by Gasteiger charge is -2.31. The van der Waals surface area contributed by atoms with E-state index >= 15 is 0 Å². The van der Waals surface area contributed by atoms with E-state index in [9.17, 15) is 4.79 Å². The molecule has 0 amide bonds. The van der Waals surface area contributed by atoms with Crippen molar-refractivity contribution in [2.24, 2.45) is 0 Å². The summed E-state index contributed by atoms with van der Waals surface area (Å²) in [5, 5.41) is 8.74. The first-order valence-electron chi connectivity index (χ1n) is 7.76. The zero-order chi connectivity index (χ0) is 18.5. The van der Waals surface area contributed by atoms with Gasteiger partial charge in [0.2, 0.25) is 0 Å². The maximum absolute atomic E-state index is 10.9. The van der Waals surface area contributed by atoms with Crippen LogP contribution in [0, 0.1) is 17.9 Å². The second-order valence-electron chi connectivity index (χ2n) is 7.15. The molecule has 0 aromatic carbocycles. The molecular formula is C19H24N2O3. The first kappa shape index (κ1) is 19.5. The smallest absolute Gasteiger partial charge is 0.265 e. The standard InChI is InChI=1S/C11H12N2O.C8H12O2/c1-8-5-9(10(7-12)13-4)6-11(2,3)14-8;1-6-4-7(9)5-8(2,3)10-6/h5H,6H2,1-3H3;4H,5H2,1-3H3/b10-9-;. The Hall–Kier alpha value is -2.53. The molecule has 0 N–H and O–H groups in total. The molecule has 0 spiro atoms. The Morgan fingerprint density at radius 1 is 1.12 bits per heavy atom. The summed E-state index contributed by atoms with van der Waals surface area (Å²) in [5.41, 5.74) is 0.327. The Balaban J connectivity index is 0.000000254. The summed E-state index contributed by atoms with van der Waals surface area (Å²) in [4.78, 5) is 14.1. The predicted molar refractivity (Wildman–Crippen MR) is 91.3 cm³/mol. The molecule has 0 bridgehead atoms. The van der Waals surface area contributed by atoms with E-state index in [-0.39, 0.29) is 22.7 Å². The summed E-state index contributed by atoms with van der Waals surface area (Å²) in [7, 11) is 0. The molecule has 2 heterocycles. The third-order valence-corrected chi connectivity index (χ3v) is 3.35. The molecule has 5 nitrogen and oxygen atoms in total. The van der Waals surface area contributed by atoms with Gasteiger partial charge in [0, 0.05) is 18.9 Å². The van der Waals surface area contributed by atoms with Crippen LogP contribution in [0.15, 0.2) is 34.9 Å². The van der Waals surface area contributed by atoms with Gasteiger partial charge in [-0.15, -0.1) is 0 Å². The lowest BCUT2D eigenvalue weighted by Crippen LogP contribution is -2.30. The average Bonchev–Trinajstić information content (AvgIpc) is 2.35. The van der Waals surface area contributed by atoms with Crippen LogP contribution >= 0.6 is 0 Å². The fourth-order valence-electron chi connectivity index (χ4n) is 2.78. The summed E-state index contributed by atoms with van der Waals surface area (Å²) in [6.07, 6.45) is 4.41. The number of rotatable bonds is 0. The van der Waals surface area contributed by atoms with Crippen molar-refractivity contribution in [1.29, 1.82) is 5.26 Å². The van der Waals surface area contributed by atoms with E-state index in [4.69, 9.17) is 21.3 Å². The Morgan fingerprint density at radius 2 is 1.62 bits per heavy atom. The van der Waals surface area contributed by atoms with Crippen LogP contribution in [0.5, 0.6) is 0 Å². The second-order valence-corrected chi connectivity index (χ2v) is 7.15. The lowest BCUT2D eigenvalue weighted by molar-refractivity contribution is -0.121. The van der Waals surface area contributed by atoms with E-state index in [1.54, 1.807) is 19.1 Å². The third kappa shape index (κ3) is 5.93. The van der Waals surface area contributed by atoms with Crippen LogP contribution in [0.2, 0.25) is 0 Å². The van der Waals surface area contributed by atoms with Gasteiger partial charge in [0.15, 0.2) is 5.78 Å². The van der Waals surface area contributed by atoms with Gasteiger partial charge in [-0.1, -0.05) is 0 Å². The van der Waals surface area contributed by atoms with Crippen LogP contribution in [-0.2, 0) is 14.3 Å². The molecule has 128 valence electrons. The van der Waals surface area contributed by atoms with Gasteiger partial charge in [-0.3, -0.25) is 4.79 Å². The minimum atomic E-state index is -0.318. The van der Waals surface area contributed by atoms with Gasteiger partial charge in [0.1, 0.15) is 11.2 Å². The van der Waals surface area contributed by atoms with Crippen molar-refractivity contribution >= 4 is 5.78 Å². The van der Waals surface area contributed by atoms with Crippen LogP contribution in [0.4, 0.5) is 0 Å². The minimum absolute atomic E-state index is 0.161. The molecule has 2 rings (SSSR count).